The summed E-state index contributed by atoms with van der Waals surface area (Å²) in [7, 11) is 0. The Morgan fingerprint density at radius 1 is 1.72 bits per heavy atom. The minimum Gasteiger partial charge on any atom is -0.397 e. The van der Waals surface area contributed by atoms with Gasteiger partial charge in [-0.3, -0.25) is 4.79 Å². The van der Waals surface area contributed by atoms with Gasteiger partial charge in [-0.25, -0.2) is 4.98 Å². The maximum absolute atomic E-state index is 12.1. The highest BCUT2D eigenvalue weighted by Crippen LogP contribution is 2.19. The summed E-state index contributed by atoms with van der Waals surface area (Å²) < 4.78 is 5.30. The Balaban J connectivity index is 2.04. The number of hydrogen-bond donors (Lipinski definition) is 2. The zero-order valence-electron chi connectivity index (χ0n) is 10.1. The van der Waals surface area contributed by atoms with Crippen LogP contribution in [0, 0.1) is 5.92 Å². The van der Waals surface area contributed by atoms with Gasteiger partial charge in [0.1, 0.15) is 5.15 Å². The SMILES string of the molecule is CC(NC(=O)c1cc(N)cnc1Cl)C1CCOC1. The van der Waals surface area contributed by atoms with Crippen molar-refractivity contribution >= 4 is 23.2 Å². The second-order valence-electron chi connectivity index (χ2n) is 4.49. The number of nitrogens with one attached hydrogen (secondary N) is 1. The van der Waals surface area contributed by atoms with E-state index in [1.807, 2.05) is 6.92 Å². The Hall–Kier alpha value is -1.33. The average molecular weight is 270 g/mol. The van der Waals surface area contributed by atoms with Gasteiger partial charge in [0, 0.05) is 18.6 Å². The second kappa shape index (κ2) is 5.54. The van der Waals surface area contributed by atoms with Crippen LogP contribution >= 0.6 is 11.6 Å². The lowest BCUT2D eigenvalue weighted by atomic mass is 10.0. The van der Waals surface area contributed by atoms with Crippen molar-refractivity contribution in [2.24, 2.45) is 5.92 Å². The van der Waals surface area contributed by atoms with Crippen molar-refractivity contribution in [3.05, 3.63) is 23.0 Å². The molecule has 0 aliphatic carbocycles. The highest BCUT2D eigenvalue weighted by Gasteiger charge is 2.24. The van der Waals surface area contributed by atoms with Gasteiger partial charge in [0.05, 0.1) is 24.1 Å². The summed E-state index contributed by atoms with van der Waals surface area (Å²) in [5, 5.41) is 3.07. The summed E-state index contributed by atoms with van der Waals surface area (Å²) in [5.74, 6) is 0.0981. The Labute approximate surface area is 111 Å². The van der Waals surface area contributed by atoms with Crippen molar-refractivity contribution in [2.45, 2.75) is 19.4 Å². The minimum absolute atomic E-state index is 0.0393. The molecular formula is C12H16ClN3O2. The zero-order chi connectivity index (χ0) is 13.1. The molecule has 98 valence electrons. The molecule has 1 saturated heterocycles. The Kier molecular flexibility index (Phi) is 4.04. The second-order valence-corrected chi connectivity index (χ2v) is 4.85. The number of pyridine rings is 1. The first-order chi connectivity index (χ1) is 8.58. The molecule has 1 fully saturated rings. The van der Waals surface area contributed by atoms with Crippen molar-refractivity contribution < 1.29 is 9.53 Å². The zero-order valence-corrected chi connectivity index (χ0v) is 10.9. The number of hydrogen-bond acceptors (Lipinski definition) is 4. The third-order valence-corrected chi connectivity index (χ3v) is 3.44. The molecule has 0 spiro atoms. The summed E-state index contributed by atoms with van der Waals surface area (Å²) >= 11 is 5.88. The number of carbonyl (C=O) groups is 1. The highest BCUT2D eigenvalue weighted by atomic mass is 35.5. The van der Waals surface area contributed by atoms with Gasteiger partial charge < -0.3 is 15.8 Å². The molecule has 3 N–H and O–H groups in total. The standard InChI is InChI=1S/C12H16ClN3O2/c1-7(8-2-3-18-6-8)16-12(17)10-4-9(14)5-15-11(10)13/h4-5,7-8H,2-3,6,14H2,1H3,(H,16,17). The molecule has 1 aromatic rings. The van der Waals surface area contributed by atoms with Crippen LogP contribution in [-0.4, -0.2) is 30.1 Å². The number of ether oxygens (including phenoxy) is 1. The van der Waals surface area contributed by atoms with Crippen molar-refractivity contribution in [3.8, 4) is 0 Å². The number of halogens is 1. The smallest absolute Gasteiger partial charge is 0.254 e. The third kappa shape index (κ3) is 2.91. The van der Waals surface area contributed by atoms with Crippen LogP contribution in [0.3, 0.4) is 0 Å². The number of nitrogen functional groups attached to an aromatic ring is 1. The molecule has 6 heteroatoms. The van der Waals surface area contributed by atoms with Crippen molar-refractivity contribution in [3.63, 3.8) is 0 Å². The lowest BCUT2D eigenvalue weighted by Gasteiger charge is -2.19. The highest BCUT2D eigenvalue weighted by molar-refractivity contribution is 6.32. The van der Waals surface area contributed by atoms with Crippen LogP contribution in [0.15, 0.2) is 12.3 Å². The van der Waals surface area contributed by atoms with Gasteiger partial charge >= 0.3 is 0 Å². The summed E-state index contributed by atoms with van der Waals surface area (Å²) in [6.45, 7) is 3.40. The van der Waals surface area contributed by atoms with Crippen LogP contribution in [0.25, 0.3) is 0 Å². The molecule has 1 amide bonds. The fraction of sp³-hybridized carbons (Fsp3) is 0.500. The Bertz CT molecular complexity index is 447. The molecule has 0 bridgehead atoms. The number of amides is 1. The maximum Gasteiger partial charge on any atom is 0.254 e. The molecule has 0 saturated carbocycles. The molecule has 0 radical (unpaired) electrons. The maximum atomic E-state index is 12.1. The summed E-state index contributed by atoms with van der Waals surface area (Å²) in [6, 6.07) is 1.57. The van der Waals surface area contributed by atoms with Crippen LogP contribution < -0.4 is 11.1 Å². The average Bonchev–Trinajstić information content (AvgIpc) is 2.85. The lowest BCUT2D eigenvalue weighted by molar-refractivity contribution is 0.0922. The number of nitrogens with zero attached hydrogens (tertiary/aromatic N) is 1. The van der Waals surface area contributed by atoms with E-state index in [9.17, 15) is 4.79 Å². The third-order valence-electron chi connectivity index (χ3n) is 3.14. The van der Waals surface area contributed by atoms with Crippen LogP contribution in [0.4, 0.5) is 5.69 Å². The van der Waals surface area contributed by atoms with Crippen LogP contribution in [0.2, 0.25) is 5.15 Å². The summed E-state index contributed by atoms with van der Waals surface area (Å²) in [5.41, 5.74) is 6.32. The minimum atomic E-state index is -0.251. The van der Waals surface area contributed by atoms with E-state index in [0.717, 1.165) is 13.0 Å². The van der Waals surface area contributed by atoms with E-state index in [2.05, 4.69) is 10.3 Å². The normalized spacial score (nSPS) is 20.7. The van der Waals surface area contributed by atoms with Gasteiger partial charge in [0.15, 0.2) is 0 Å². The van der Waals surface area contributed by atoms with Crippen molar-refractivity contribution in [2.75, 3.05) is 18.9 Å². The first-order valence-corrected chi connectivity index (χ1v) is 6.25. The van der Waals surface area contributed by atoms with Gasteiger partial charge in [0.25, 0.3) is 5.91 Å². The molecule has 5 nitrogen and oxygen atoms in total. The molecule has 1 aromatic heterocycles. The van der Waals surface area contributed by atoms with Crippen LogP contribution in [0.5, 0.6) is 0 Å². The number of rotatable bonds is 3. The van der Waals surface area contributed by atoms with E-state index in [-0.39, 0.29) is 17.1 Å². The first kappa shape index (κ1) is 13.1. The molecule has 2 heterocycles. The summed E-state index contributed by atoms with van der Waals surface area (Å²) in [4.78, 5) is 15.9. The fourth-order valence-corrected chi connectivity index (χ4v) is 2.16. The van der Waals surface area contributed by atoms with Gasteiger partial charge in [0.2, 0.25) is 0 Å². The van der Waals surface area contributed by atoms with Gasteiger partial charge in [-0.1, -0.05) is 11.6 Å². The first-order valence-electron chi connectivity index (χ1n) is 5.87. The Morgan fingerprint density at radius 3 is 3.17 bits per heavy atom. The van der Waals surface area contributed by atoms with E-state index in [0.29, 0.717) is 23.8 Å². The van der Waals surface area contributed by atoms with Crippen LogP contribution in [0.1, 0.15) is 23.7 Å². The number of aromatic nitrogens is 1. The van der Waals surface area contributed by atoms with E-state index in [1.165, 1.54) is 12.3 Å². The largest absolute Gasteiger partial charge is 0.397 e. The van der Waals surface area contributed by atoms with Gasteiger partial charge in [-0.15, -0.1) is 0 Å². The molecule has 18 heavy (non-hydrogen) atoms. The van der Waals surface area contributed by atoms with Crippen molar-refractivity contribution in [1.29, 1.82) is 0 Å². The quantitative estimate of drug-likeness (QED) is 0.815. The van der Waals surface area contributed by atoms with Crippen LogP contribution in [-0.2, 0) is 4.74 Å². The number of anilines is 1. The molecule has 1 aliphatic heterocycles. The number of nitrogens with two attached hydrogens (primary N) is 1. The van der Waals surface area contributed by atoms with E-state index < -0.39 is 0 Å². The molecule has 1 aliphatic rings. The molecule has 2 rings (SSSR count). The van der Waals surface area contributed by atoms with E-state index in [1.54, 1.807) is 0 Å². The fourth-order valence-electron chi connectivity index (χ4n) is 1.97. The monoisotopic (exact) mass is 269 g/mol. The van der Waals surface area contributed by atoms with Gasteiger partial charge in [-0.05, 0) is 19.4 Å². The molecule has 0 aromatic carbocycles. The van der Waals surface area contributed by atoms with E-state index >= 15 is 0 Å². The lowest BCUT2D eigenvalue weighted by Crippen LogP contribution is -2.38. The predicted molar refractivity (Wildman–Crippen MR) is 69.5 cm³/mol. The number of carbonyl (C=O) groups excluding carboxylic acids is 1. The van der Waals surface area contributed by atoms with Crippen molar-refractivity contribution in [1.82, 2.24) is 10.3 Å². The summed E-state index contributed by atoms with van der Waals surface area (Å²) in [6.07, 6.45) is 2.39. The molecular weight excluding hydrogens is 254 g/mol. The topological polar surface area (TPSA) is 77.2 Å². The molecule has 2 atom stereocenters. The Morgan fingerprint density at radius 2 is 2.50 bits per heavy atom. The van der Waals surface area contributed by atoms with Gasteiger partial charge in [-0.2, -0.15) is 0 Å². The predicted octanol–water partition coefficient (Wildman–Crippen LogP) is 1.47. The molecule has 2 unspecified atom stereocenters. The van der Waals surface area contributed by atoms with E-state index in [4.69, 9.17) is 22.1 Å².